The van der Waals surface area contributed by atoms with Crippen molar-refractivity contribution < 1.29 is 8.42 Å². The zero-order valence-electron chi connectivity index (χ0n) is 14.3. The lowest BCUT2D eigenvalue weighted by Crippen LogP contribution is -2.25. The van der Waals surface area contributed by atoms with Crippen LogP contribution in [-0.4, -0.2) is 35.3 Å². The Bertz CT molecular complexity index is 950. The van der Waals surface area contributed by atoms with Gasteiger partial charge >= 0.3 is 0 Å². The first kappa shape index (κ1) is 18.6. The predicted octanol–water partition coefficient (Wildman–Crippen LogP) is 2.32. The van der Waals surface area contributed by atoms with E-state index in [1.807, 2.05) is 10.6 Å². The van der Waals surface area contributed by atoms with E-state index in [0.29, 0.717) is 6.54 Å². The van der Waals surface area contributed by atoms with E-state index in [4.69, 9.17) is 5.73 Å². The van der Waals surface area contributed by atoms with Crippen molar-refractivity contribution >= 4 is 38.2 Å². The van der Waals surface area contributed by atoms with E-state index in [1.54, 1.807) is 24.4 Å². The molecule has 0 aliphatic rings. The maximum Gasteiger partial charge on any atom is 0.242 e. The zero-order chi connectivity index (χ0) is 18.4. The number of nitrogen functional groups attached to an aromatic ring is 1. The number of hydrogen-bond acceptors (Lipinski definition) is 7. The van der Waals surface area contributed by atoms with Gasteiger partial charge in [0.25, 0.3) is 0 Å². The van der Waals surface area contributed by atoms with Crippen LogP contribution in [0.3, 0.4) is 0 Å². The smallest absolute Gasteiger partial charge is 0.242 e. The fraction of sp³-hybridized carbons (Fsp3) is 0.375. The summed E-state index contributed by atoms with van der Waals surface area (Å²) in [5.74, 6) is 0.815. The van der Waals surface area contributed by atoms with Gasteiger partial charge in [0.05, 0.1) is 5.69 Å². The molecule has 0 spiro atoms. The van der Waals surface area contributed by atoms with Crippen molar-refractivity contribution in [1.29, 1.82) is 0 Å². The minimum atomic E-state index is -3.54. The van der Waals surface area contributed by atoms with Gasteiger partial charge in [-0.15, -0.1) is 0 Å². The van der Waals surface area contributed by atoms with Crippen molar-refractivity contribution in [2.75, 3.05) is 24.1 Å². The molecule has 3 aromatic rings. The molecule has 140 valence electrons. The highest BCUT2D eigenvalue weighted by molar-refractivity contribution is 7.89. The van der Waals surface area contributed by atoms with Crippen molar-refractivity contribution in [3.63, 3.8) is 0 Å². The second-order valence-electron chi connectivity index (χ2n) is 5.86. The molecule has 0 radical (unpaired) electrons. The minimum Gasteiger partial charge on any atom is -0.398 e. The number of imidazole rings is 1. The topological polar surface area (TPSA) is 114 Å². The first-order valence-corrected chi connectivity index (χ1v) is 10.7. The van der Waals surface area contributed by atoms with Crippen molar-refractivity contribution in [3.8, 4) is 0 Å². The van der Waals surface area contributed by atoms with E-state index in [0.717, 1.165) is 43.1 Å². The molecule has 3 rings (SSSR count). The first-order valence-electron chi connectivity index (χ1n) is 8.45. The van der Waals surface area contributed by atoms with Gasteiger partial charge < -0.3 is 11.1 Å². The Hall–Kier alpha value is -2.17. The summed E-state index contributed by atoms with van der Waals surface area (Å²) in [7, 11) is -3.54. The molecule has 0 bridgehead atoms. The molecule has 4 N–H and O–H groups in total. The van der Waals surface area contributed by atoms with Crippen molar-refractivity contribution in [1.82, 2.24) is 18.5 Å². The summed E-state index contributed by atoms with van der Waals surface area (Å²) in [6.07, 6.45) is 7.38. The fourth-order valence-corrected chi connectivity index (χ4v) is 4.45. The summed E-state index contributed by atoms with van der Waals surface area (Å²) in [6, 6.07) is 6.48. The summed E-state index contributed by atoms with van der Waals surface area (Å²) < 4.78 is 33.2. The normalized spacial score (nSPS) is 11.8. The Morgan fingerprint density at radius 2 is 1.88 bits per heavy atom. The van der Waals surface area contributed by atoms with Gasteiger partial charge in [0.15, 0.2) is 0 Å². The minimum absolute atomic E-state index is 0.137. The van der Waals surface area contributed by atoms with Crippen LogP contribution >= 0.6 is 11.5 Å². The monoisotopic (exact) mass is 394 g/mol. The molecule has 2 aromatic heterocycles. The van der Waals surface area contributed by atoms with E-state index in [9.17, 15) is 8.42 Å². The van der Waals surface area contributed by atoms with Crippen LogP contribution in [0.2, 0.25) is 0 Å². The first-order chi connectivity index (χ1) is 12.6. The molecule has 0 aliphatic carbocycles. The lowest BCUT2D eigenvalue weighted by Gasteiger charge is -2.09. The molecule has 0 saturated carbocycles. The fourth-order valence-electron chi connectivity index (χ4n) is 2.58. The Labute approximate surface area is 156 Å². The van der Waals surface area contributed by atoms with E-state index >= 15 is 0 Å². The molecule has 0 fully saturated rings. The van der Waals surface area contributed by atoms with E-state index in [2.05, 4.69) is 19.4 Å². The molecular formula is C16H22N6O2S2. The van der Waals surface area contributed by atoms with Gasteiger partial charge in [0.2, 0.25) is 20.9 Å². The van der Waals surface area contributed by atoms with Crippen molar-refractivity contribution in [3.05, 3.63) is 36.7 Å². The van der Waals surface area contributed by atoms with Crippen molar-refractivity contribution in [2.45, 2.75) is 30.6 Å². The van der Waals surface area contributed by atoms with Gasteiger partial charge in [-0.25, -0.2) is 18.1 Å². The Morgan fingerprint density at radius 1 is 1.12 bits per heavy atom. The largest absolute Gasteiger partial charge is 0.398 e. The summed E-state index contributed by atoms with van der Waals surface area (Å²) in [4.78, 5) is 5.19. The van der Waals surface area contributed by atoms with Gasteiger partial charge in [-0.3, -0.25) is 4.40 Å². The number of para-hydroxylation sites is 1. The van der Waals surface area contributed by atoms with E-state index in [1.165, 1.54) is 17.6 Å². The molecule has 0 aliphatic heterocycles. The average Bonchev–Trinajstić information content (AvgIpc) is 3.22. The molecule has 2 heterocycles. The van der Waals surface area contributed by atoms with Crippen LogP contribution in [0.4, 0.5) is 11.6 Å². The van der Waals surface area contributed by atoms with Gasteiger partial charge in [-0.1, -0.05) is 25.0 Å². The molecular weight excluding hydrogens is 372 g/mol. The maximum absolute atomic E-state index is 12.2. The van der Waals surface area contributed by atoms with Crippen molar-refractivity contribution in [2.24, 2.45) is 0 Å². The molecule has 10 heteroatoms. The third kappa shape index (κ3) is 4.51. The third-order valence-electron chi connectivity index (χ3n) is 3.94. The van der Waals surface area contributed by atoms with Gasteiger partial charge in [0, 0.05) is 37.0 Å². The number of benzene rings is 1. The second-order valence-corrected chi connectivity index (χ2v) is 8.33. The van der Waals surface area contributed by atoms with Gasteiger partial charge in [-0.05, 0) is 25.0 Å². The van der Waals surface area contributed by atoms with Crippen LogP contribution < -0.4 is 15.8 Å². The molecule has 1 aromatic carbocycles. The highest BCUT2D eigenvalue weighted by Gasteiger charge is 2.15. The van der Waals surface area contributed by atoms with Crippen LogP contribution in [0.25, 0.3) is 4.96 Å². The van der Waals surface area contributed by atoms with Gasteiger partial charge in [0.1, 0.15) is 4.90 Å². The summed E-state index contributed by atoms with van der Waals surface area (Å²) in [6.45, 7) is 1.23. The predicted molar refractivity (Wildman–Crippen MR) is 104 cm³/mol. The lowest BCUT2D eigenvalue weighted by atomic mass is 10.2. The summed E-state index contributed by atoms with van der Waals surface area (Å²) in [5, 5.41) is 3.29. The number of unbranched alkanes of at least 4 members (excludes halogenated alkanes) is 3. The highest BCUT2D eigenvalue weighted by Crippen LogP contribution is 2.17. The number of nitrogens with two attached hydrogens (primary N) is 1. The average molecular weight is 395 g/mol. The van der Waals surface area contributed by atoms with Crippen LogP contribution in [-0.2, 0) is 10.0 Å². The number of hydrogen-bond donors (Lipinski definition) is 3. The number of sulfonamides is 1. The maximum atomic E-state index is 12.2. The number of nitrogens with one attached hydrogen (secondary N) is 2. The van der Waals surface area contributed by atoms with E-state index < -0.39 is 10.0 Å². The Kier molecular flexibility index (Phi) is 6.07. The van der Waals surface area contributed by atoms with Crippen LogP contribution in [0.15, 0.2) is 41.6 Å². The molecule has 0 unspecified atom stereocenters. The van der Waals surface area contributed by atoms with Crippen LogP contribution in [0.1, 0.15) is 25.7 Å². The Morgan fingerprint density at radius 3 is 2.69 bits per heavy atom. The van der Waals surface area contributed by atoms with E-state index in [-0.39, 0.29) is 10.6 Å². The number of aromatic nitrogens is 3. The summed E-state index contributed by atoms with van der Waals surface area (Å²) in [5.41, 5.74) is 5.99. The quantitative estimate of drug-likeness (QED) is 0.359. The third-order valence-corrected chi connectivity index (χ3v) is 6.20. The molecule has 8 nitrogen and oxygen atoms in total. The van der Waals surface area contributed by atoms with Gasteiger partial charge in [-0.2, -0.15) is 4.37 Å². The second kappa shape index (κ2) is 8.47. The SMILES string of the molecule is Nc1ccccc1S(=O)(=O)NCCCCCCNc1nsc2nccn12. The molecule has 0 amide bonds. The number of rotatable bonds is 10. The zero-order valence-corrected chi connectivity index (χ0v) is 15.9. The molecule has 0 saturated heterocycles. The lowest BCUT2D eigenvalue weighted by molar-refractivity contribution is 0.573. The Balaban J connectivity index is 1.31. The van der Waals surface area contributed by atoms with Crippen LogP contribution in [0.5, 0.6) is 0 Å². The number of fused-ring (bicyclic) bond motifs is 1. The standard InChI is InChI=1S/C16H22N6O2S2/c17-13-7-3-4-8-14(13)26(23,24)20-10-6-2-1-5-9-18-15-21-25-16-19-11-12-22(15)16/h3-4,7-8,11-12,20H,1-2,5-6,9-10,17H2,(H,18,21). The molecule has 26 heavy (non-hydrogen) atoms. The van der Waals surface area contributed by atoms with Crippen LogP contribution in [0, 0.1) is 0 Å². The molecule has 0 atom stereocenters. The summed E-state index contributed by atoms with van der Waals surface area (Å²) >= 11 is 1.36. The highest BCUT2D eigenvalue weighted by atomic mass is 32.2. The number of nitrogens with zero attached hydrogens (tertiary/aromatic N) is 3. The number of anilines is 2.